The van der Waals surface area contributed by atoms with Crippen molar-refractivity contribution in [1.82, 2.24) is 9.80 Å². The minimum Gasteiger partial charge on any atom is -0.378 e. The van der Waals surface area contributed by atoms with Crippen LogP contribution in [0.25, 0.3) is 6.08 Å². The van der Waals surface area contributed by atoms with Crippen LogP contribution in [0, 0.1) is 6.92 Å². The lowest BCUT2D eigenvalue weighted by atomic mass is 10.1. The van der Waals surface area contributed by atoms with Crippen molar-refractivity contribution in [2.75, 3.05) is 32.8 Å². The van der Waals surface area contributed by atoms with Crippen molar-refractivity contribution in [3.05, 3.63) is 40.3 Å². The van der Waals surface area contributed by atoms with Gasteiger partial charge in [-0.2, -0.15) is 0 Å². The number of ether oxygens (including phenoxy) is 1. The van der Waals surface area contributed by atoms with Gasteiger partial charge >= 0.3 is 0 Å². The summed E-state index contributed by atoms with van der Waals surface area (Å²) in [4.78, 5) is 28.9. The third-order valence-corrected chi connectivity index (χ3v) is 5.76. The molecule has 2 fully saturated rings. The van der Waals surface area contributed by atoms with Crippen molar-refractivity contribution in [2.45, 2.75) is 19.8 Å². The number of nitrogens with zero attached hydrogens (tertiary/aromatic N) is 2. The Morgan fingerprint density at radius 2 is 1.96 bits per heavy atom. The lowest BCUT2D eigenvalue weighted by molar-refractivity contribution is -0.135. The van der Waals surface area contributed by atoms with Gasteiger partial charge < -0.3 is 9.64 Å². The van der Waals surface area contributed by atoms with Gasteiger partial charge in [-0.1, -0.05) is 53.8 Å². The number of carbonyl (C=O) groups is 2. The Morgan fingerprint density at radius 3 is 2.65 bits per heavy atom. The Morgan fingerprint density at radius 1 is 1.27 bits per heavy atom. The predicted octanol–water partition coefficient (Wildman–Crippen LogP) is 2.84. The van der Waals surface area contributed by atoms with E-state index >= 15 is 0 Å². The summed E-state index contributed by atoms with van der Waals surface area (Å²) in [6, 6.07) is 8.01. The first-order valence-electron chi connectivity index (χ1n) is 8.72. The van der Waals surface area contributed by atoms with Crippen LogP contribution in [-0.2, 0) is 14.3 Å². The van der Waals surface area contributed by atoms with Gasteiger partial charge in [0.2, 0.25) is 5.91 Å². The maximum atomic E-state index is 12.6. The second-order valence-corrected chi connectivity index (χ2v) is 8.02. The highest BCUT2D eigenvalue weighted by Crippen LogP contribution is 2.32. The minimum absolute atomic E-state index is 0.0700. The second-order valence-electron chi connectivity index (χ2n) is 6.34. The molecule has 5 nitrogen and oxygen atoms in total. The number of thiocarbonyl (C=S) groups is 1. The Balaban J connectivity index is 1.53. The van der Waals surface area contributed by atoms with E-state index in [2.05, 4.69) is 0 Å². The average Bonchev–Trinajstić information content (AvgIpc) is 2.91. The monoisotopic (exact) mass is 390 g/mol. The molecule has 0 aromatic heterocycles. The summed E-state index contributed by atoms with van der Waals surface area (Å²) in [7, 11) is 0. The lowest BCUT2D eigenvalue weighted by Gasteiger charge is -2.27. The average molecular weight is 391 g/mol. The molecule has 2 aliphatic heterocycles. The number of benzene rings is 1. The fraction of sp³-hybridized carbons (Fsp3) is 0.421. The smallest absolute Gasteiger partial charge is 0.266 e. The second kappa shape index (κ2) is 8.79. The first-order chi connectivity index (χ1) is 12.5. The lowest BCUT2D eigenvalue weighted by Crippen LogP contribution is -2.41. The molecule has 0 bridgehead atoms. The number of hydrogen-bond acceptors (Lipinski definition) is 5. The molecule has 0 spiro atoms. The maximum Gasteiger partial charge on any atom is 0.266 e. The van der Waals surface area contributed by atoms with Crippen molar-refractivity contribution in [3.63, 3.8) is 0 Å². The summed E-state index contributed by atoms with van der Waals surface area (Å²) >= 11 is 6.68. The first-order valence-corrected chi connectivity index (χ1v) is 9.94. The van der Waals surface area contributed by atoms with Crippen molar-refractivity contribution in [3.8, 4) is 0 Å². The van der Waals surface area contributed by atoms with Gasteiger partial charge in [-0.15, -0.1) is 0 Å². The molecule has 0 N–H and O–H groups in total. The highest BCUT2D eigenvalue weighted by Gasteiger charge is 2.31. The molecule has 7 heteroatoms. The van der Waals surface area contributed by atoms with E-state index in [1.54, 1.807) is 4.90 Å². The molecular formula is C19H22N2O3S2. The zero-order valence-corrected chi connectivity index (χ0v) is 16.4. The standard InChI is InChI=1S/C19H22N2O3S2/c1-14-4-6-15(7-5-14)13-16-18(23)21(19(25)26-16)8-2-3-17(22)20-9-11-24-12-10-20/h4-7,13H,2-3,8-12H2,1H3/b16-13+. The van der Waals surface area contributed by atoms with Gasteiger partial charge in [-0.05, 0) is 25.0 Å². The number of thioether (sulfide) groups is 1. The molecule has 0 unspecified atom stereocenters. The molecule has 0 radical (unpaired) electrons. The van der Waals surface area contributed by atoms with Gasteiger partial charge in [0.1, 0.15) is 4.32 Å². The van der Waals surface area contributed by atoms with Gasteiger partial charge in [-0.25, -0.2) is 0 Å². The summed E-state index contributed by atoms with van der Waals surface area (Å²) in [6.07, 6.45) is 2.91. The van der Waals surface area contributed by atoms with Crippen molar-refractivity contribution in [2.24, 2.45) is 0 Å². The molecule has 0 atom stereocenters. The molecule has 1 aromatic carbocycles. The maximum absolute atomic E-state index is 12.6. The zero-order chi connectivity index (χ0) is 18.5. The number of morpholine rings is 1. The van der Waals surface area contributed by atoms with Crippen LogP contribution in [0.2, 0.25) is 0 Å². The topological polar surface area (TPSA) is 49.9 Å². The summed E-state index contributed by atoms with van der Waals surface area (Å²) < 4.78 is 5.82. The van der Waals surface area contributed by atoms with Crippen LogP contribution in [-0.4, -0.2) is 58.8 Å². The molecule has 2 aliphatic rings. The van der Waals surface area contributed by atoms with E-state index in [0.29, 0.717) is 54.9 Å². The summed E-state index contributed by atoms with van der Waals surface area (Å²) in [5, 5.41) is 0. The Bertz CT molecular complexity index is 725. The van der Waals surface area contributed by atoms with E-state index in [-0.39, 0.29) is 11.8 Å². The van der Waals surface area contributed by atoms with Crippen molar-refractivity contribution in [1.29, 1.82) is 0 Å². The number of hydrogen-bond donors (Lipinski definition) is 0. The number of amides is 2. The largest absolute Gasteiger partial charge is 0.378 e. The first kappa shape index (κ1) is 19.1. The van der Waals surface area contributed by atoms with Gasteiger partial charge in [0.05, 0.1) is 18.1 Å². The molecular weight excluding hydrogens is 368 g/mol. The predicted molar refractivity (Wildman–Crippen MR) is 108 cm³/mol. The van der Waals surface area contributed by atoms with E-state index in [9.17, 15) is 9.59 Å². The molecule has 2 heterocycles. The van der Waals surface area contributed by atoms with Crippen molar-refractivity contribution >= 4 is 46.2 Å². The van der Waals surface area contributed by atoms with Crippen LogP contribution >= 0.6 is 24.0 Å². The van der Waals surface area contributed by atoms with Crippen LogP contribution in [0.3, 0.4) is 0 Å². The van der Waals surface area contributed by atoms with E-state index in [1.807, 2.05) is 42.2 Å². The van der Waals surface area contributed by atoms with Crippen LogP contribution in [0.1, 0.15) is 24.0 Å². The van der Waals surface area contributed by atoms with Crippen LogP contribution < -0.4 is 0 Å². The van der Waals surface area contributed by atoms with Crippen LogP contribution in [0.15, 0.2) is 29.2 Å². The molecule has 1 aromatic rings. The van der Waals surface area contributed by atoms with Crippen molar-refractivity contribution < 1.29 is 14.3 Å². The summed E-state index contributed by atoms with van der Waals surface area (Å²) in [5.74, 6) is 0.0494. The molecule has 2 saturated heterocycles. The van der Waals surface area contributed by atoms with E-state index < -0.39 is 0 Å². The Kier molecular flexibility index (Phi) is 6.45. The minimum atomic E-state index is -0.0700. The van der Waals surface area contributed by atoms with Crippen LogP contribution in [0.5, 0.6) is 0 Å². The number of aryl methyl sites for hydroxylation is 1. The van der Waals surface area contributed by atoms with Gasteiger partial charge in [0.15, 0.2) is 0 Å². The number of rotatable bonds is 5. The molecule has 3 rings (SSSR count). The third kappa shape index (κ3) is 4.72. The normalized spacial score (nSPS) is 19.5. The quantitative estimate of drug-likeness (QED) is 0.572. The highest BCUT2D eigenvalue weighted by atomic mass is 32.2. The van der Waals surface area contributed by atoms with Crippen LogP contribution in [0.4, 0.5) is 0 Å². The fourth-order valence-electron chi connectivity index (χ4n) is 2.87. The molecule has 0 saturated carbocycles. The summed E-state index contributed by atoms with van der Waals surface area (Å²) in [5.41, 5.74) is 2.17. The summed E-state index contributed by atoms with van der Waals surface area (Å²) in [6.45, 7) is 5.01. The fourth-order valence-corrected chi connectivity index (χ4v) is 4.17. The molecule has 26 heavy (non-hydrogen) atoms. The van der Waals surface area contributed by atoms with Gasteiger partial charge in [0.25, 0.3) is 5.91 Å². The van der Waals surface area contributed by atoms with Gasteiger partial charge in [0, 0.05) is 26.1 Å². The van der Waals surface area contributed by atoms with E-state index in [4.69, 9.17) is 17.0 Å². The zero-order valence-electron chi connectivity index (χ0n) is 14.8. The number of carbonyl (C=O) groups excluding carboxylic acids is 2. The molecule has 138 valence electrons. The molecule has 2 amide bonds. The molecule has 0 aliphatic carbocycles. The van der Waals surface area contributed by atoms with E-state index in [1.165, 1.54) is 17.3 Å². The highest BCUT2D eigenvalue weighted by molar-refractivity contribution is 8.26. The Hall–Kier alpha value is -1.70. The third-order valence-electron chi connectivity index (χ3n) is 4.38. The Labute approximate surface area is 163 Å². The SMILES string of the molecule is Cc1ccc(/C=C2/SC(=S)N(CCCC(=O)N3CCOCC3)C2=O)cc1. The van der Waals surface area contributed by atoms with E-state index in [0.717, 1.165) is 5.56 Å². The van der Waals surface area contributed by atoms with Gasteiger partial charge in [-0.3, -0.25) is 14.5 Å².